The number of ether oxygens (including phenoxy) is 2. The van der Waals surface area contributed by atoms with Gasteiger partial charge in [-0.15, -0.1) is 0 Å². The summed E-state index contributed by atoms with van der Waals surface area (Å²) >= 11 is 12.6. The summed E-state index contributed by atoms with van der Waals surface area (Å²) in [5.41, 5.74) is 7.17. The van der Waals surface area contributed by atoms with Gasteiger partial charge in [-0.25, -0.2) is 9.59 Å². The van der Waals surface area contributed by atoms with Crippen LogP contribution in [0.1, 0.15) is 6.42 Å². The molecule has 8 nitrogen and oxygen atoms in total. The number of benzene rings is 1. The van der Waals surface area contributed by atoms with Gasteiger partial charge in [0.1, 0.15) is 5.69 Å². The van der Waals surface area contributed by atoms with E-state index in [2.05, 4.69) is 10.1 Å². The number of fused-ring (bicyclic) bond motifs is 4. The van der Waals surface area contributed by atoms with Crippen molar-refractivity contribution in [2.24, 2.45) is 5.73 Å². The summed E-state index contributed by atoms with van der Waals surface area (Å²) in [6.45, 7) is 0.932. The SMILES string of the molecule is NCCCn1nc(-c2cccc(Cl)c2Cl)c2c3nc(cc21)OC(=O)/C=C/C(=O)O3. The predicted octanol–water partition coefficient (Wildman–Crippen LogP) is 3.13. The first kappa shape index (κ1) is 19.4. The Labute approximate surface area is 174 Å². The van der Waals surface area contributed by atoms with Gasteiger partial charge in [-0.2, -0.15) is 10.1 Å². The molecule has 0 atom stereocenters. The number of carbonyl (C=O) groups is 2. The molecule has 0 fully saturated rings. The van der Waals surface area contributed by atoms with Crippen LogP contribution >= 0.6 is 23.2 Å². The minimum atomic E-state index is -0.771. The Morgan fingerprint density at radius 2 is 1.86 bits per heavy atom. The third kappa shape index (κ3) is 3.69. The van der Waals surface area contributed by atoms with Crippen molar-refractivity contribution in [2.75, 3.05) is 6.54 Å². The highest BCUT2D eigenvalue weighted by molar-refractivity contribution is 6.43. The van der Waals surface area contributed by atoms with Crippen molar-refractivity contribution < 1.29 is 19.1 Å². The van der Waals surface area contributed by atoms with E-state index in [9.17, 15) is 9.59 Å². The summed E-state index contributed by atoms with van der Waals surface area (Å²) in [6.07, 6.45) is 2.59. The van der Waals surface area contributed by atoms with Crippen molar-refractivity contribution in [3.05, 3.63) is 46.5 Å². The molecule has 2 N–H and O–H groups in total. The maximum absolute atomic E-state index is 12.1. The van der Waals surface area contributed by atoms with E-state index in [-0.39, 0.29) is 11.8 Å². The van der Waals surface area contributed by atoms with Gasteiger partial charge < -0.3 is 15.2 Å². The van der Waals surface area contributed by atoms with Crippen molar-refractivity contribution >= 4 is 46.0 Å². The molecule has 0 unspecified atom stereocenters. The molecule has 1 aliphatic rings. The Bertz CT molecular complexity index is 1170. The second-order valence-electron chi connectivity index (χ2n) is 6.15. The number of nitrogens with two attached hydrogens (primary N) is 1. The van der Waals surface area contributed by atoms with Gasteiger partial charge in [-0.05, 0) is 19.0 Å². The Hall–Kier alpha value is -2.94. The van der Waals surface area contributed by atoms with E-state index in [0.29, 0.717) is 51.7 Å². The van der Waals surface area contributed by atoms with Crippen LogP contribution in [-0.4, -0.2) is 33.2 Å². The molecule has 0 radical (unpaired) electrons. The van der Waals surface area contributed by atoms with Crippen molar-refractivity contribution in [1.82, 2.24) is 14.8 Å². The fraction of sp³-hybridized carbons (Fsp3) is 0.158. The third-order valence-electron chi connectivity index (χ3n) is 4.22. The van der Waals surface area contributed by atoms with Crippen LogP contribution in [0.15, 0.2) is 36.4 Å². The standard InChI is InChI=1S/C19H14Cl2N4O4/c20-11-4-1-3-10(17(11)21)18-16-12(25(24-18)8-2-7-22)9-13-23-19(16)29-15(27)6-5-14(26)28-13/h1,3-6,9H,2,7-8,22H2/b6-5+. The van der Waals surface area contributed by atoms with E-state index in [1.165, 1.54) is 0 Å². The predicted molar refractivity (Wildman–Crippen MR) is 107 cm³/mol. The summed E-state index contributed by atoms with van der Waals surface area (Å²) in [7, 11) is 0. The Balaban J connectivity index is 2.02. The van der Waals surface area contributed by atoms with Gasteiger partial charge in [0.05, 0.1) is 20.9 Å². The van der Waals surface area contributed by atoms with Gasteiger partial charge in [0.2, 0.25) is 11.8 Å². The summed E-state index contributed by atoms with van der Waals surface area (Å²) in [4.78, 5) is 28.1. The molecule has 3 aromatic rings. The van der Waals surface area contributed by atoms with Crippen LogP contribution in [0, 0.1) is 0 Å². The van der Waals surface area contributed by atoms with Gasteiger partial charge >= 0.3 is 11.9 Å². The molecule has 3 heterocycles. The molecule has 29 heavy (non-hydrogen) atoms. The van der Waals surface area contributed by atoms with Crippen molar-refractivity contribution in [3.8, 4) is 23.0 Å². The van der Waals surface area contributed by atoms with Crippen molar-refractivity contribution in [3.63, 3.8) is 0 Å². The monoisotopic (exact) mass is 432 g/mol. The lowest BCUT2D eigenvalue weighted by Gasteiger charge is -2.07. The van der Waals surface area contributed by atoms with Crippen LogP contribution in [0.25, 0.3) is 22.2 Å². The summed E-state index contributed by atoms with van der Waals surface area (Å²) in [6, 6.07) is 6.70. The zero-order chi connectivity index (χ0) is 20.5. The maximum Gasteiger partial charge on any atom is 0.337 e. The molecule has 2 aromatic heterocycles. The zero-order valence-corrected chi connectivity index (χ0v) is 16.4. The van der Waals surface area contributed by atoms with E-state index in [1.54, 1.807) is 28.9 Å². The van der Waals surface area contributed by atoms with E-state index < -0.39 is 11.9 Å². The number of nitrogens with zero attached hydrogens (tertiary/aromatic N) is 3. The van der Waals surface area contributed by atoms with E-state index in [4.69, 9.17) is 38.4 Å². The van der Waals surface area contributed by atoms with E-state index in [0.717, 1.165) is 12.2 Å². The summed E-state index contributed by atoms with van der Waals surface area (Å²) in [5.74, 6) is -1.58. The second kappa shape index (κ2) is 7.82. The molecule has 0 aliphatic carbocycles. The highest BCUT2D eigenvalue weighted by Gasteiger charge is 2.24. The first-order valence-electron chi connectivity index (χ1n) is 8.65. The molecule has 2 bridgehead atoms. The molecule has 1 aromatic carbocycles. The van der Waals surface area contributed by atoms with Crippen LogP contribution in [0.4, 0.5) is 0 Å². The van der Waals surface area contributed by atoms with Crippen LogP contribution in [0.2, 0.25) is 10.0 Å². The minimum Gasteiger partial charge on any atom is -0.404 e. The number of halogens is 2. The molecule has 10 heteroatoms. The smallest absolute Gasteiger partial charge is 0.337 e. The molecular formula is C19H14Cl2N4O4. The largest absolute Gasteiger partial charge is 0.404 e. The van der Waals surface area contributed by atoms with Gasteiger partial charge in [0.25, 0.3) is 0 Å². The maximum atomic E-state index is 12.1. The highest BCUT2D eigenvalue weighted by Crippen LogP contribution is 2.40. The third-order valence-corrected chi connectivity index (χ3v) is 5.04. The Morgan fingerprint density at radius 3 is 2.62 bits per heavy atom. The summed E-state index contributed by atoms with van der Waals surface area (Å²) < 4.78 is 12.2. The number of aryl methyl sites for hydroxylation is 1. The number of rotatable bonds is 4. The number of hydrogen-bond donors (Lipinski definition) is 1. The topological polar surface area (TPSA) is 109 Å². The minimum absolute atomic E-state index is 0.0190. The van der Waals surface area contributed by atoms with E-state index >= 15 is 0 Å². The molecular weight excluding hydrogens is 419 g/mol. The zero-order valence-electron chi connectivity index (χ0n) is 14.9. The van der Waals surface area contributed by atoms with Crippen LogP contribution < -0.4 is 15.2 Å². The fourth-order valence-corrected chi connectivity index (χ4v) is 3.34. The second-order valence-corrected chi connectivity index (χ2v) is 6.94. The molecule has 0 spiro atoms. The van der Waals surface area contributed by atoms with Gasteiger partial charge in [-0.3, -0.25) is 4.68 Å². The van der Waals surface area contributed by atoms with Gasteiger partial charge in [0, 0.05) is 30.3 Å². The van der Waals surface area contributed by atoms with Crippen LogP contribution in [-0.2, 0) is 16.1 Å². The normalized spacial score (nSPS) is 14.7. The average molecular weight is 433 g/mol. The van der Waals surface area contributed by atoms with Gasteiger partial charge in [0.15, 0.2) is 0 Å². The lowest BCUT2D eigenvalue weighted by atomic mass is 10.1. The molecule has 0 saturated carbocycles. The number of hydrogen-bond acceptors (Lipinski definition) is 7. The molecule has 148 valence electrons. The fourth-order valence-electron chi connectivity index (χ4n) is 2.95. The number of carbonyl (C=O) groups excluding carboxylic acids is 2. The summed E-state index contributed by atoms with van der Waals surface area (Å²) in [5, 5.41) is 5.73. The lowest BCUT2D eigenvalue weighted by Crippen LogP contribution is -2.08. The van der Waals surface area contributed by atoms with Crippen LogP contribution in [0.5, 0.6) is 11.8 Å². The average Bonchev–Trinajstić information content (AvgIpc) is 3.06. The number of pyridine rings is 1. The van der Waals surface area contributed by atoms with E-state index in [1.807, 2.05) is 0 Å². The Morgan fingerprint density at radius 1 is 1.10 bits per heavy atom. The van der Waals surface area contributed by atoms with Gasteiger partial charge in [-0.1, -0.05) is 35.3 Å². The van der Waals surface area contributed by atoms with Crippen molar-refractivity contribution in [1.29, 1.82) is 0 Å². The first-order chi connectivity index (χ1) is 14.0. The lowest BCUT2D eigenvalue weighted by molar-refractivity contribution is -0.131. The quantitative estimate of drug-likeness (QED) is 0.630. The first-order valence-corrected chi connectivity index (χ1v) is 9.41. The van der Waals surface area contributed by atoms with Crippen LogP contribution in [0.3, 0.4) is 0 Å². The molecule has 1 aliphatic heterocycles. The number of aromatic nitrogens is 3. The molecule has 0 saturated heterocycles. The Kier molecular flexibility index (Phi) is 5.23. The molecule has 0 amide bonds. The van der Waals surface area contributed by atoms with Crippen molar-refractivity contribution in [2.45, 2.75) is 13.0 Å². The highest BCUT2D eigenvalue weighted by atomic mass is 35.5. The number of esters is 2. The molecule has 4 rings (SSSR count).